The predicted molar refractivity (Wildman–Crippen MR) is 79.7 cm³/mol. The van der Waals surface area contributed by atoms with E-state index in [1.165, 1.54) is 12.8 Å². The molecule has 1 heterocycles. The summed E-state index contributed by atoms with van der Waals surface area (Å²) in [5, 5.41) is 13.3. The number of piperidine rings is 1. The van der Waals surface area contributed by atoms with Gasteiger partial charge in [0.2, 0.25) is 0 Å². The SMILES string of the molecule is CCN(Cc1ccc(O)c(Cl)c1)CC1CCCNC1. The van der Waals surface area contributed by atoms with Crippen LogP contribution >= 0.6 is 11.6 Å². The van der Waals surface area contributed by atoms with E-state index in [1.54, 1.807) is 6.07 Å². The molecule has 1 fully saturated rings. The number of nitrogens with zero attached hydrogens (tertiary/aromatic N) is 1. The van der Waals surface area contributed by atoms with E-state index in [2.05, 4.69) is 17.1 Å². The van der Waals surface area contributed by atoms with E-state index >= 15 is 0 Å². The van der Waals surface area contributed by atoms with Gasteiger partial charge in [-0.05, 0) is 56.1 Å². The molecule has 0 radical (unpaired) electrons. The van der Waals surface area contributed by atoms with Gasteiger partial charge in [0.15, 0.2) is 0 Å². The molecule has 1 aliphatic rings. The monoisotopic (exact) mass is 282 g/mol. The van der Waals surface area contributed by atoms with Gasteiger partial charge in [-0.3, -0.25) is 4.90 Å². The van der Waals surface area contributed by atoms with Crippen LogP contribution in [0.5, 0.6) is 5.75 Å². The van der Waals surface area contributed by atoms with Crippen LogP contribution < -0.4 is 5.32 Å². The van der Waals surface area contributed by atoms with Gasteiger partial charge in [-0.2, -0.15) is 0 Å². The third kappa shape index (κ3) is 4.37. The molecule has 0 aliphatic carbocycles. The summed E-state index contributed by atoms with van der Waals surface area (Å²) < 4.78 is 0. The summed E-state index contributed by atoms with van der Waals surface area (Å²) in [5.74, 6) is 0.909. The maximum absolute atomic E-state index is 9.44. The Hall–Kier alpha value is -0.770. The molecule has 1 unspecified atom stereocenters. The van der Waals surface area contributed by atoms with E-state index in [0.717, 1.165) is 44.2 Å². The lowest BCUT2D eigenvalue weighted by atomic mass is 9.99. The molecule has 2 N–H and O–H groups in total. The second kappa shape index (κ2) is 7.13. The number of benzene rings is 1. The first-order valence-corrected chi connectivity index (χ1v) is 7.47. The van der Waals surface area contributed by atoms with E-state index in [0.29, 0.717) is 5.02 Å². The average Bonchev–Trinajstić information content (AvgIpc) is 2.43. The van der Waals surface area contributed by atoms with Gasteiger partial charge in [0.05, 0.1) is 5.02 Å². The Bertz CT molecular complexity index is 405. The molecule has 0 saturated carbocycles. The molecule has 1 saturated heterocycles. The molecule has 2 rings (SSSR count). The van der Waals surface area contributed by atoms with Crippen molar-refractivity contribution in [2.45, 2.75) is 26.3 Å². The first kappa shape index (κ1) is 14.6. The van der Waals surface area contributed by atoms with Crippen molar-refractivity contribution in [1.29, 1.82) is 0 Å². The lowest BCUT2D eigenvalue weighted by molar-refractivity contribution is 0.209. The minimum atomic E-state index is 0.157. The number of hydrogen-bond acceptors (Lipinski definition) is 3. The maximum Gasteiger partial charge on any atom is 0.134 e. The summed E-state index contributed by atoms with van der Waals surface area (Å²) in [5.41, 5.74) is 1.16. The molecule has 0 aromatic heterocycles. The summed E-state index contributed by atoms with van der Waals surface area (Å²) >= 11 is 5.95. The third-order valence-corrected chi connectivity index (χ3v) is 4.08. The Balaban J connectivity index is 1.92. The van der Waals surface area contributed by atoms with Crippen LogP contribution in [0.1, 0.15) is 25.3 Å². The minimum absolute atomic E-state index is 0.157. The molecular formula is C15H23ClN2O. The molecule has 0 amide bonds. The highest BCUT2D eigenvalue weighted by Gasteiger charge is 2.16. The van der Waals surface area contributed by atoms with Crippen molar-refractivity contribution in [3.05, 3.63) is 28.8 Å². The standard InChI is InChI=1S/C15H23ClN2O/c1-2-18(11-13-4-3-7-17-9-13)10-12-5-6-15(19)14(16)8-12/h5-6,8,13,17,19H,2-4,7,9-11H2,1H3. The van der Waals surface area contributed by atoms with Gasteiger partial charge in [-0.25, -0.2) is 0 Å². The number of phenolic OH excluding ortho intramolecular Hbond substituents is 1. The van der Waals surface area contributed by atoms with Crippen LogP contribution in [0.25, 0.3) is 0 Å². The zero-order valence-corrected chi connectivity index (χ0v) is 12.3. The molecule has 3 nitrogen and oxygen atoms in total. The zero-order chi connectivity index (χ0) is 13.7. The summed E-state index contributed by atoms with van der Waals surface area (Å²) in [6.45, 7) is 7.55. The van der Waals surface area contributed by atoms with E-state index in [9.17, 15) is 5.11 Å². The van der Waals surface area contributed by atoms with Crippen LogP contribution in [-0.4, -0.2) is 36.2 Å². The van der Waals surface area contributed by atoms with E-state index in [1.807, 2.05) is 12.1 Å². The summed E-state index contributed by atoms with van der Waals surface area (Å²) in [6.07, 6.45) is 2.60. The van der Waals surface area contributed by atoms with Crippen LogP contribution in [0.15, 0.2) is 18.2 Å². The van der Waals surface area contributed by atoms with Gasteiger partial charge >= 0.3 is 0 Å². The highest BCUT2D eigenvalue weighted by atomic mass is 35.5. The van der Waals surface area contributed by atoms with Crippen molar-refractivity contribution in [2.24, 2.45) is 5.92 Å². The Kier molecular flexibility index (Phi) is 5.49. The van der Waals surface area contributed by atoms with Crippen molar-refractivity contribution in [1.82, 2.24) is 10.2 Å². The molecule has 106 valence electrons. The Morgan fingerprint density at radius 3 is 2.95 bits per heavy atom. The van der Waals surface area contributed by atoms with Crippen LogP contribution in [-0.2, 0) is 6.54 Å². The number of aromatic hydroxyl groups is 1. The van der Waals surface area contributed by atoms with Crippen LogP contribution in [0.2, 0.25) is 5.02 Å². The molecule has 0 bridgehead atoms. The first-order valence-electron chi connectivity index (χ1n) is 7.09. The molecule has 19 heavy (non-hydrogen) atoms. The fraction of sp³-hybridized carbons (Fsp3) is 0.600. The Morgan fingerprint density at radius 1 is 1.47 bits per heavy atom. The Morgan fingerprint density at radius 2 is 2.32 bits per heavy atom. The second-order valence-corrected chi connectivity index (χ2v) is 5.73. The molecular weight excluding hydrogens is 260 g/mol. The van der Waals surface area contributed by atoms with Crippen molar-refractivity contribution in [2.75, 3.05) is 26.2 Å². The number of halogens is 1. The maximum atomic E-state index is 9.44. The molecule has 1 aliphatic heterocycles. The molecule has 1 aromatic rings. The van der Waals surface area contributed by atoms with Gasteiger partial charge in [0, 0.05) is 13.1 Å². The molecule has 0 spiro atoms. The fourth-order valence-corrected chi connectivity index (χ4v) is 2.86. The van der Waals surface area contributed by atoms with E-state index in [-0.39, 0.29) is 5.75 Å². The Labute approximate surface area is 120 Å². The fourth-order valence-electron chi connectivity index (χ4n) is 2.66. The topological polar surface area (TPSA) is 35.5 Å². The second-order valence-electron chi connectivity index (χ2n) is 5.33. The van der Waals surface area contributed by atoms with Crippen molar-refractivity contribution < 1.29 is 5.11 Å². The predicted octanol–water partition coefficient (Wildman–Crippen LogP) is 2.87. The smallest absolute Gasteiger partial charge is 0.134 e. The number of rotatable bonds is 5. The van der Waals surface area contributed by atoms with Gasteiger partial charge in [0.1, 0.15) is 5.75 Å². The lowest BCUT2D eigenvalue weighted by Crippen LogP contribution is -2.38. The minimum Gasteiger partial charge on any atom is -0.506 e. The summed E-state index contributed by atoms with van der Waals surface area (Å²) in [7, 11) is 0. The quantitative estimate of drug-likeness (QED) is 0.872. The molecule has 1 atom stereocenters. The highest BCUT2D eigenvalue weighted by Crippen LogP contribution is 2.24. The van der Waals surface area contributed by atoms with Gasteiger partial charge < -0.3 is 10.4 Å². The largest absolute Gasteiger partial charge is 0.506 e. The van der Waals surface area contributed by atoms with Gasteiger partial charge in [0.25, 0.3) is 0 Å². The van der Waals surface area contributed by atoms with Crippen molar-refractivity contribution in [3.8, 4) is 5.75 Å². The average molecular weight is 283 g/mol. The number of nitrogens with one attached hydrogen (secondary N) is 1. The lowest BCUT2D eigenvalue weighted by Gasteiger charge is -2.29. The number of hydrogen-bond donors (Lipinski definition) is 2. The van der Waals surface area contributed by atoms with E-state index < -0.39 is 0 Å². The summed E-state index contributed by atoms with van der Waals surface area (Å²) in [6, 6.07) is 5.48. The highest BCUT2D eigenvalue weighted by molar-refractivity contribution is 6.32. The first-order chi connectivity index (χ1) is 9.19. The van der Waals surface area contributed by atoms with Crippen LogP contribution in [0.3, 0.4) is 0 Å². The third-order valence-electron chi connectivity index (χ3n) is 3.78. The van der Waals surface area contributed by atoms with Crippen molar-refractivity contribution >= 4 is 11.6 Å². The van der Waals surface area contributed by atoms with Gasteiger partial charge in [-0.15, -0.1) is 0 Å². The van der Waals surface area contributed by atoms with Crippen LogP contribution in [0, 0.1) is 5.92 Å². The van der Waals surface area contributed by atoms with Crippen molar-refractivity contribution in [3.63, 3.8) is 0 Å². The normalized spacial score (nSPS) is 19.8. The summed E-state index contributed by atoms with van der Waals surface area (Å²) in [4.78, 5) is 2.44. The molecule has 1 aromatic carbocycles. The molecule has 4 heteroatoms. The number of phenols is 1. The van der Waals surface area contributed by atoms with Crippen LogP contribution in [0.4, 0.5) is 0 Å². The van der Waals surface area contributed by atoms with E-state index in [4.69, 9.17) is 11.6 Å². The van der Waals surface area contributed by atoms with Gasteiger partial charge in [-0.1, -0.05) is 24.6 Å². The zero-order valence-electron chi connectivity index (χ0n) is 11.5.